The summed E-state index contributed by atoms with van der Waals surface area (Å²) in [5.41, 5.74) is 1.05. The van der Waals surface area contributed by atoms with Crippen LogP contribution in [0.4, 0.5) is 0 Å². The molecule has 0 aliphatic carbocycles. The monoisotopic (exact) mass is 189 g/mol. The van der Waals surface area contributed by atoms with Gasteiger partial charge in [0.15, 0.2) is 0 Å². The highest BCUT2D eigenvalue weighted by Crippen LogP contribution is 1.95. The van der Waals surface area contributed by atoms with Gasteiger partial charge in [0.1, 0.15) is 6.61 Å². The van der Waals surface area contributed by atoms with Crippen molar-refractivity contribution in [2.45, 2.75) is 12.8 Å². The SMILES string of the molecule is C=CCCCO/N=C\c1ccccc1. The maximum Gasteiger partial charge on any atom is 0.117 e. The molecule has 0 atom stereocenters. The van der Waals surface area contributed by atoms with Crippen LogP contribution in [0.3, 0.4) is 0 Å². The first-order chi connectivity index (χ1) is 6.93. The van der Waals surface area contributed by atoms with Crippen LogP contribution in [-0.4, -0.2) is 12.8 Å². The fraction of sp³-hybridized carbons (Fsp3) is 0.250. The predicted octanol–water partition coefficient (Wildman–Crippen LogP) is 3.00. The molecule has 0 radical (unpaired) electrons. The second kappa shape index (κ2) is 6.89. The maximum absolute atomic E-state index is 5.06. The Kier molecular flexibility index (Phi) is 5.18. The average molecular weight is 189 g/mol. The molecule has 14 heavy (non-hydrogen) atoms. The van der Waals surface area contributed by atoms with Gasteiger partial charge in [-0.25, -0.2) is 0 Å². The van der Waals surface area contributed by atoms with Crippen LogP contribution < -0.4 is 0 Å². The highest BCUT2D eigenvalue weighted by molar-refractivity contribution is 5.78. The van der Waals surface area contributed by atoms with Gasteiger partial charge < -0.3 is 4.84 Å². The van der Waals surface area contributed by atoms with E-state index < -0.39 is 0 Å². The Morgan fingerprint density at radius 1 is 1.29 bits per heavy atom. The van der Waals surface area contributed by atoms with E-state index in [1.54, 1.807) is 6.21 Å². The lowest BCUT2D eigenvalue weighted by Crippen LogP contribution is -1.88. The van der Waals surface area contributed by atoms with Crippen LogP contribution in [0, 0.1) is 0 Å². The molecule has 1 aromatic rings. The Hall–Kier alpha value is -1.57. The zero-order valence-corrected chi connectivity index (χ0v) is 8.23. The van der Waals surface area contributed by atoms with Crippen LogP contribution in [-0.2, 0) is 4.84 Å². The lowest BCUT2D eigenvalue weighted by molar-refractivity contribution is 0.144. The molecule has 0 fully saturated rings. The number of allylic oxidation sites excluding steroid dienone is 1. The summed E-state index contributed by atoms with van der Waals surface area (Å²) in [5.74, 6) is 0. The third-order valence-corrected chi connectivity index (χ3v) is 1.72. The van der Waals surface area contributed by atoms with Gasteiger partial charge in [0.05, 0.1) is 6.21 Å². The van der Waals surface area contributed by atoms with E-state index in [1.807, 2.05) is 36.4 Å². The van der Waals surface area contributed by atoms with Crippen LogP contribution in [0.5, 0.6) is 0 Å². The Morgan fingerprint density at radius 3 is 2.79 bits per heavy atom. The van der Waals surface area contributed by atoms with Gasteiger partial charge in [-0.1, -0.05) is 41.6 Å². The molecule has 1 rings (SSSR count). The molecule has 0 N–H and O–H groups in total. The number of nitrogens with zero attached hydrogens (tertiary/aromatic N) is 1. The molecule has 2 nitrogen and oxygen atoms in total. The summed E-state index contributed by atoms with van der Waals surface area (Å²) in [6.07, 6.45) is 5.54. The summed E-state index contributed by atoms with van der Waals surface area (Å²) in [7, 11) is 0. The fourth-order valence-electron chi connectivity index (χ4n) is 0.982. The normalized spacial score (nSPS) is 10.3. The summed E-state index contributed by atoms with van der Waals surface area (Å²) in [6.45, 7) is 4.28. The van der Waals surface area contributed by atoms with E-state index in [1.165, 1.54) is 0 Å². The Balaban J connectivity index is 2.18. The number of oxime groups is 1. The Morgan fingerprint density at radius 2 is 2.07 bits per heavy atom. The number of rotatable bonds is 6. The molecular formula is C12H15NO. The first-order valence-corrected chi connectivity index (χ1v) is 4.75. The minimum Gasteiger partial charge on any atom is -0.396 e. The van der Waals surface area contributed by atoms with Crippen molar-refractivity contribution in [2.75, 3.05) is 6.61 Å². The molecule has 0 saturated heterocycles. The van der Waals surface area contributed by atoms with Crippen LogP contribution in [0.2, 0.25) is 0 Å². The second-order valence-electron chi connectivity index (χ2n) is 2.91. The van der Waals surface area contributed by atoms with Crippen LogP contribution in [0.15, 0.2) is 48.1 Å². The van der Waals surface area contributed by atoms with Gasteiger partial charge in [0, 0.05) is 0 Å². The van der Waals surface area contributed by atoms with Crippen molar-refractivity contribution >= 4 is 6.21 Å². The molecule has 74 valence electrons. The lowest BCUT2D eigenvalue weighted by atomic mass is 10.2. The van der Waals surface area contributed by atoms with E-state index >= 15 is 0 Å². The van der Waals surface area contributed by atoms with E-state index in [0.29, 0.717) is 6.61 Å². The summed E-state index contributed by atoms with van der Waals surface area (Å²) in [4.78, 5) is 5.06. The standard InChI is InChI=1S/C12H15NO/c1-2-3-7-10-14-13-11-12-8-5-4-6-9-12/h2,4-6,8-9,11H,1,3,7,10H2/b13-11-. The summed E-state index contributed by atoms with van der Waals surface area (Å²) >= 11 is 0. The zero-order valence-electron chi connectivity index (χ0n) is 8.23. The molecule has 0 heterocycles. The molecule has 0 amide bonds. The van der Waals surface area contributed by atoms with E-state index in [4.69, 9.17) is 4.84 Å². The zero-order chi connectivity index (χ0) is 10.1. The second-order valence-corrected chi connectivity index (χ2v) is 2.91. The largest absolute Gasteiger partial charge is 0.396 e. The number of benzene rings is 1. The van der Waals surface area contributed by atoms with Gasteiger partial charge in [0.25, 0.3) is 0 Å². The van der Waals surface area contributed by atoms with E-state index in [-0.39, 0.29) is 0 Å². The highest BCUT2D eigenvalue weighted by atomic mass is 16.6. The molecule has 2 heteroatoms. The molecule has 0 unspecified atom stereocenters. The van der Waals surface area contributed by atoms with Crippen molar-refractivity contribution in [3.8, 4) is 0 Å². The molecule has 0 saturated carbocycles. The highest BCUT2D eigenvalue weighted by Gasteiger charge is 1.85. The molecule has 0 aromatic heterocycles. The van der Waals surface area contributed by atoms with Crippen molar-refractivity contribution in [3.05, 3.63) is 48.6 Å². The van der Waals surface area contributed by atoms with Gasteiger partial charge in [-0.05, 0) is 18.4 Å². The van der Waals surface area contributed by atoms with Gasteiger partial charge in [-0.2, -0.15) is 0 Å². The van der Waals surface area contributed by atoms with Gasteiger partial charge in [-0.3, -0.25) is 0 Å². The molecular weight excluding hydrogens is 174 g/mol. The van der Waals surface area contributed by atoms with E-state index in [2.05, 4.69) is 11.7 Å². The first kappa shape index (κ1) is 10.5. The molecule has 0 spiro atoms. The first-order valence-electron chi connectivity index (χ1n) is 4.75. The summed E-state index contributed by atoms with van der Waals surface area (Å²) in [6, 6.07) is 9.88. The van der Waals surface area contributed by atoms with Crippen LogP contribution in [0.25, 0.3) is 0 Å². The minimum absolute atomic E-state index is 0.648. The third kappa shape index (κ3) is 4.45. The van der Waals surface area contributed by atoms with Crippen molar-refractivity contribution in [1.29, 1.82) is 0 Å². The topological polar surface area (TPSA) is 21.6 Å². The van der Waals surface area contributed by atoms with Gasteiger partial charge in [0.2, 0.25) is 0 Å². The lowest BCUT2D eigenvalue weighted by Gasteiger charge is -1.95. The Bertz CT molecular complexity index is 280. The molecule has 1 aromatic carbocycles. The quantitative estimate of drug-likeness (QED) is 0.292. The number of hydrogen-bond acceptors (Lipinski definition) is 2. The Labute approximate surface area is 84.9 Å². The van der Waals surface area contributed by atoms with E-state index in [0.717, 1.165) is 18.4 Å². The van der Waals surface area contributed by atoms with Gasteiger partial charge in [-0.15, -0.1) is 6.58 Å². The average Bonchev–Trinajstić information content (AvgIpc) is 2.25. The minimum atomic E-state index is 0.648. The summed E-state index contributed by atoms with van der Waals surface area (Å²) < 4.78 is 0. The van der Waals surface area contributed by atoms with Crippen molar-refractivity contribution < 1.29 is 4.84 Å². The third-order valence-electron chi connectivity index (χ3n) is 1.72. The molecule has 0 aliphatic heterocycles. The van der Waals surface area contributed by atoms with Crippen molar-refractivity contribution in [2.24, 2.45) is 5.16 Å². The van der Waals surface area contributed by atoms with Crippen molar-refractivity contribution in [3.63, 3.8) is 0 Å². The molecule has 0 bridgehead atoms. The van der Waals surface area contributed by atoms with Crippen LogP contribution in [0.1, 0.15) is 18.4 Å². The maximum atomic E-state index is 5.06. The van der Waals surface area contributed by atoms with Crippen molar-refractivity contribution in [1.82, 2.24) is 0 Å². The number of unbranched alkanes of at least 4 members (excludes halogenated alkanes) is 1. The van der Waals surface area contributed by atoms with Crippen LogP contribution >= 0.6 is 0 Å². The number of hydrogen-bond donors (Lipinski definition) is 0. The summed E-state index contributed by atoms with van der Waals surface area (Å²) in [5, 5.41) is 3.85. The molecule has 0 aliphatic rings. The predicted molar refractivity (Wildman–Crippen MR) is 59.4 cm³/mol. The smallest absolute Gasteiger partial charge is 0.117 e. The fourth-order valence-corrected chi connectivity index (χ4v) is 0.982. The van der Waals surface area contributed by atoms with E-state index in [9.17, 15) is 0 Å². The van der Waals surface area contributed by atoms with Gasteiger partial charge >= 0.3 is 0 Å².